The standard InChI is InChI=1S/C25H24N2O7/c1-15-10-20(16(2)27(15)18-6-9-22-23(11-18)34-14-33-22)21(28)13-32-24(29)12-26-25(30)17-4-7-19(31-3)8-5-17/h4-11H,12-14H2,1-3H3,(H,26,30). The minimum Gasteiger partial charge on any atom is -0.497 e. The van der Waals surface area contributed by atoms with Crippen molar-refractivity contribution in [3.05, 3.63) is 71.0 Å². The number of amides is 1. The number of carbonyl (C=O) groups is 3. The molecule has 0 atom stereocenters. The Morgan fingerprint density at radius 3 is 2.47 bits per heavy atom. The lowest BCUT2D eigenvalue weighted by molar-refractivity contribution is -0.141. The fraction of sp³-hybridized carbons (Fsp3) is 0.240. The quantitative estimate of drug-likeness (QED) is 0.404. The van der Waals surface area contributed by atoms with Gasteiger partial charge in [-0.15, -0.1) is 0 Å². The molecule has 176 valence electrons. The number of methoxy groups -OCH3 is 1. The maximum Gasteiger partial charge on any atom is 0.325 e. The predicted octanol–water partition coefficient (Wildman–Crippen LogP) is 2.99. The highest BCUT2D eigenvalue weighted by Gasteiger charge is 2.20. The largest absolute Gasteiger partial charge is 0.497 e. The van der Waals surface area contributed by atoms with E-state index in [-0.39, 0.29) is 19.1 Å². The van der Waals surface area contributed by atoms with Gasteiger partial charge < -0.3 is 28.8 Å². The van der Waals surface area contributed by atoms with Gasteiger partial charge in [0.1, 0.15) is 12.3 Å². The fourth-order valence-electron chi connectivity index (χ4n) is 3.74. The minimum atomic E-state index is -0.709. The summed E-state index contributed by atoms with van der Waals surface area (Å²) in [6.07, 6.45) is 0. The number of fused-ring (bicyclic) bond motifs is 1. The van der Waals surface area contributed by atoms with E-state index in [4.69, 9.17) is 18.9 Å². The van der Waals surface area contributed by atoms with Gasteiger partial charge in [0.15, 0.2) is 18.1 Å². The number of benzene rings is 2. The third-order valence-electron chi connectivity index (χ3n) is 5.46. The van der Waals surface area contributed by atoms with Crippen LogP contribution < -0.4 is 19.5 Å². The van der Waals surface area contributed by atoms with Crippen LogP contribution in [0.4, 0.5) is 0 Å². The van der Waals surface area contributed by atoms with Crippen LogP contribution in [0.15, 0.2) is 48.5 Å². The molecule has 1 aromatic heterocycles. The molecule has 1 N–H and O–H groups in total. The zero-order chi connectivity index (χ0) is 24.2. The lowest BCUT2D eigenvalue weighted by Crippen LogP contribution is -2.31. The Balaban J connectivity index is 1.34. The van der Waals surface area contributed by atoms with Gasteiger partial charge in [0.25, 0.3) is 5.91 Å². The highest BCUT2D eigenvalue weighted by Crippen LogP contribution is 2.34. The van der Waals surface area contributed by atoms with Gasteiger partial charge in [0, 0.05) is 34.3 Å². The molecule has 2 aromatic carbocycles. The summed E-state index contributed by atoms with van der Waals surface area (Å²) in [6.45, 7) is 3.10. The van der Waals surface area contributed by atoms with Crippen molar-refractivity contribution in [3.8, 4) is 22.9 Å². The number of esters is 1. The van der Waals surface area contributed by atoms with Crippen LogP contribution in [0, 0.1) is 13.8 Å². The van der Waals surface area contributed by atoms with Gasteiger partial charge in [-0.1, -0.05) is 0 Å². The Hall–Kier alpha value is -4.27. The number of hydrogen-bond acceptors (Lipinski definition) is 7. The first-order chi connectivity index (χ1) is 16.4. The average molecular weight is 464 g/mol. The summed E-state index contributed by atoms with van der Waals surface area (Å²) < 4.78 is 22.8. The zero-order valence-electron chi connectivity index (χ0n) is 19.0. The van der Waals surface area contributed by atoms with Crippen molar-refractivity contribution in [2.24, 2.45) is 0 Å². The number of nitrogens with zero attached hydrogens (tertiary/aromatic N) is 1. The topological polar surface area (TPSA) is 105 Å². The van der Waals surface area contributed by atoms with E-state index >= 15 is 0 Å². The molecule has 4 rings (SSSR count). The summed E-state index contributed by atoms with van der Waals surface area (Å²) in [5.41, 5.74) is 3.21. The molecule has 1 amide bonds. The predicted molar refractivity (Wildman–Crippen MR) is 122 cm³/mol. The fourth-order valence-corrected chi connectivity index (χ4v) is 3.74. The van der Waals surface area contributed by atoms with Gasteiger partial charge >= 0.3 is 5.97 Å². The molecule has 0 saturated carbocycles. The minimum absolute atomic E-state index is 0.179. The molecule has 9 nitrogen and oxygen atoms in total. The first-order valence-electron chi connectivity index (χ1n) is 10.6. The Kier molecular flexibility index (Phi) is 6.53. The van der Waals surface area contributed by atoms with Crippen molar-refractivity contribution in [3.63, 3.8) is 0 Å². The van der Waals surface area contributed by atoms with Crippen LogP contribution >= 0.6 is 0 Å². The first kappa shape index (κ1) is 22.9. The molecule has 1 aliphatic heterocycles. The van der Waals surface area contributed by atoms with Crippen LogP contribution in [0.2, 0.25) is 0 Å². The number of ether oxygens (including phenoxy) is 4. The van der Waals surface area contributed by atoms with E-state index < -0.39 is 18.5 Å². The highest BCUT2D eigenvalue weighted by molar-refractivity contribution is 6.00. The molecule has 0 saturated heterocycles. The van der Waals surface area contributed by atoms with Crippen molar-refractivity contribution >= 4 is 17.7 Å². The van der Waals surface area contributed by atoms with Crippen molar-refractivity contribution in [2.45, 2.75) is 13.8 Å². The highest BCUT2D eigenvalue weighted by atomic mass is 16.7. The van der Waals surface area contributed by atoms with Crippen LogP contribution in [-0.4, -0.2) is 49.3 Å². The third-order valence-corrected chi connectivity index (χ3v) is 5.46. The summed E-state index contributed by atoms with van der Waals surface area (Å²) in [7, 11) is 1.53. The molecular weight excluding hydrogens is 440 g/mol. The van der Waals surface area contributed by atoms with Gasteiger partial charge in [-0.25, -0.2) is 0 Å². The summed E-state index contributed by atoms with van der Waals surface area (Å²) in [5, 5.41) is 2.47. The van der Waals surface area contributed by atoms with Gasteiger partial charge in [-0.2, -0.15) is 0 Å². The SMILES string of the molecule is COc1ccc(C(=O)NCC(=O)OCC(=O)c2cc(C)n(-c3ccc4c(c3)OCO4)c2C)cc1. The van der Waals surface area contributed by atoms with Gasteiger partial charge in [-0.3, -0.25) is 14.4 Å². The number of Topliss-reactive ketones (excluding diaryl/α,β-unsaturated/α-hetero) is 1. The molecule has 0 aliphatic carbocycles. The molecule has 9 heteroatoms. The van der Waals surface area contributed by atoms with Gasteiger partial charge in [0.05, 0.1) is 7.11 Å². The second-order valence-electron chi connectivity index (χ2n) is 7.65. The van der Waals surface area contributed by atoms with E-state index in [1.807, 2.05) is 36.6 Å². The summed E-state index contributed by atoms with van der Waals surface area (Å²) in [4.78, 5) is 37.0. The van der Waals surface area contributed by atoms with Crippen LogP contribution in [0.25, 0.3) is 5.69 Å². The summed E-state index contributed by atoms with van der Waals surface area (Å²) in [6, 6.07) is 13.8. The molecule has 2 heterocycles. The Labute approximate surface area is 196 Å². The number of hydrogen-bond donors (Lipinski definition) is 1. The second kappa shape index (κ2) is 9.70. The van der Waals surface area contributed by atoms with E-state index in [1.54, 1.807) is 30.3 Å². The molecule has 0 spiro atoms. The molecule has 0 fully saturated rings. The maximum atomic E-state index is 12.7. The summed E-state index contributed by atoms with van der Waals surface area (Å²) in [5.74, 6) is 0.456. The Morgan fingerprint density at radius 1 is 1.00 bits per heavy atom. The van der Waals surface area contributed by atoms with Crippen molar-refractivity contribution in [1.82, 2.24) is 9.88 Å². The van der Waals surface area contributed by atoms with Gasteiger partial charge in [0.2, 0.25) is 12.6 Å². The molecular formula is C25H24N2O7. The molecule has 0 unspecified atom stereocenters. The number of nitrogens with one attached hydrogen (secondary N) is 1. The van der Waals surface area contributed by atoms with Crippen molar-refractivity contribution < 1.29 is 33.3 Å². The lowest BCUT2D eigenvalue weighted by Gasteiger charge is -2.11. The average Bonchev–Trinajstić information content (AvgIpc) is 3.43. The molecule has 34 heavy (non-hydrogen) atoms. The monoisotopic (exact) mass is 464 g/mol. The smallest absolute Gasteiger partial charge is 0.325 e. The Morgan fingerprint density at radius 2 is 1.74 bits per heavy atom. The molecule has 0 radical (unpaired) electrons. The number of carbonyl (C=O) groups excluding carboxylic acids is 3. The van der Waals surface area contributed by atoms with Gasteiger partial charge in [-0.05, 0) is 56.3 Å². The summed E-state index contributed by atoms with van der Waals surface area (Å²) >= 11 is 0. The Bertz CT molecular complexity index is 1240. The zero-order valence-corrected chi connectivity index (χ0v) is 19.0. The molecule has 3 aromatic rings. The van der Waals surface area contributed by atoms with Crippen LogP contribution in [-0.2, 0) is 9.53 Å². The third kappa shape index (κ3) is 4.73. The van der Waals surface area contributed by atoms with Crippen molar-refractivity contribution in [1.29, 1.82) is 0 Å². The van der Waals surface area contributed by atoms with E-state index in [2.05, 4.69) is 5.32 Å². The van der Waals surface area contributed by atoms with E-state index in [0.717, 1.165) is 11.4 Å². The second-order valence-corrected chi connectivity index (χ2v) is 7.65. The van der Waals surface area contributed by atoms with E-state index in [9.17, 15) is 14.4 Å². The maximum absolute atomic E-state index is 12.7. The number of ketones is 1. The first-order valence-corrected chi connectivity index (χ1v) is 10.6. The van der Waals surface area contributed by atoms with Crippen molar-refractivity contribution in [2.75, 3.05) is 27.1 Å². The number of aryl methyl sites for hydroxylation is 1. The number of aromatic nitrogens is 1. The molecule has 1 aliphatic rings. The molecule has 0 bridgehead atoms. The van der Waals surface area contributed by atoms with Crippen LogP contribution in [0.1, 0.15) is 32.1 Å². The van der Waals surface area contributed by atoms with Crippen LogP contribution in [0.3, 0.4) is 0 Å². The van der Waals surface area contributed by atoms with Crippen LogP contribution in [0.5, 0.6) is 17.2 Å². The normalized spacial score (nSPS) is 11.7. The lowest BCUT2D eigenvalue weighted by atomic mass is 10.1. The van der Waals surface area contributed by atoms with E-state index in [1.165, 1.54) is 7.11 Å². The van der Waals surface area contributed by atoms with E-state index in [0.29, 0.717) is 34.1 Å². The number of rotatable bonds is 8.